The normalized spacial score (nSPS) is 18.1. The molecule has 1 aromatic heterocycles. The van der Waals surface area contributed by atoms with Crippen molar-refractivity contribution in [3.05, 3.63) is 23.2 Å². The number of furan rings is 1. The van der Waals surface area contributed by atoms with Gasteiger partial charge < -0.3 is 19.3 Å². The molecule has 148 valence electrons. The maximum absolute atomic E-state index is 12.8. The molecular weight excluding hydrogens is 348 g/mol. The third-order valence-corrected chi connectivity index (χ3v) is 5.74. The second-order valence-electron chi connectivity index (χ2n) is 7.65. The van der Waals surface area contributed by atoms with Crippen LogP contribution in [0.5, 0.6) is 0 Å². The Hall–Kier alpha value is -2.31. The van der Waals surface area contributed by atoms with Gasteiger partial charge in [-0.1, -0.05) is 25.7 Å². The van der Waals surface area contributed by atoms with Crippen LogP contribution in [0.2, 0.25) is 0 Å². The maximum atomic E-state index is 12.8. The van der Waals surface area contributed by atoms with Gasteiger partial charge in [0, 0.05) is 38.2 Å². The lowest BCUT2D eigenvalue weighted by Gasteiger charge is -2.35. The molecule has 27 heavy (non-hydrogen) atoms. The Labute approximate surface area is 159 Å². The Morgan fingerprint density at radius 1 is 1.11 bits per heavy atom. The van der Waals surface area contributed by atoms with Crippen molar-refractivity contribution in [2.45, 2.75) is 51.9 Å². The van der Waals surface area contributed by atoms with E-state index in [4.69, 9.17) is 9.52 Å². The quantitative estimate of drug-likeness (QED) is 0.824. The molecule has 2 fully saturated rings. The fourth-order valence-corrected chi connectivity index (χ4v) is 4.15. The van der Waals surface area contributed by atoms with Crippen LogP contribution in [-0.2, 0) is 16.0 Å². The summed E-state index contributed by atoms with van der Waals surface area (Å²) in [5.41, 5.74) is 0.990. The average Bonchev–Trinajstić information content (AvgIpc) is 3.29. The molecule has 3 rings (SSSR count). The molecule has 2 heterocycles. The molecule has 0 bridgehead atoms. The van der Waals surface area contributed by atoms with Crippen molar-refractivity contribution in [3.8, 4) is 0 Å². The summed E-state index contributed by atoms with van der Waals surface area (Å²) in [6.45, 7) is 3.72. The average molecular weight is 376 g/mol. The Morgan fingerprint density at radius 2 is 1.74 bits per heavy atom. The lowest BCUT2D eigenvalue weighted by Crippen LogP contribution is -2.50. The summed E-state index contributed by atoms with van der Waals surface area (Å²) in [6.07, 6.45) is 7.76. The molecule has 1 aromatic rings. The number of hydrogen-bond acceptors (Lipinski definition) is 4. The molecule has 0 spiro atoms. The highest BCUT2D eigenvalue weighted by Gasteiger charge is 2.29. The Bertz CT molecular complexity index is 697. The van der Waals surface area contributed by atoms with Gasteiger partial charge in [0.1, 0.15) is 12.2 Å². The van der Waals surface area contributed by atoms with E-state index < -0.39 is 5.97 Å². The zero-order chi connectivity index (χ0) is 19.4. The third kappa shape index (κ3) is 4.70. The number of carboxylic acids is 1. The molecule has 7 nitrogen and oxygen atoms in total. The Kier molecular flexibility index (Phi) is 6.19. The van der Waals surface area contributed by atoms with Gasteiger partial charge >= 0.3 is 5.97 Å². The predicted octanol–water partition coefficient (Wildman–Crippen LogP) is 2.47. The largest absolute Gasteiger partial charge is 0.481 e. The van der Waals surface area contributed by atoms with Gasteiger partial charge in [0.25, 0.3) is 5.91 Å². The summed E-state index contributed by atoms with van der Waals surface area (Å²) in [5.74, 6) is -0.166. The fourth-order valence-electron chi connectivity index (χ4n) is 4.15. The number of nitrogens with zero attached hydrogens (tertiary/aromatic N) is 2. The topological polar surface area (TPSA) is 91.1 Å². The van der Waals surface area contributed by atoms with Crippen LogP contribution in [0, 0.1) is 12.8 Å². The molecule has 1 aliphatic carbocycles. The van der Waals surface area contributed by atoms with Gasteiger partial charge in [-0.3, -0.25) is 14.4 Å². The van der Waals surface area contributed by atoms with Gasteiger partial charge in [0.2, 0.25) is 5.91 Å². The van der Waals surface area contributed by atoms with Crippen LogP contribution >= 0.6 is 0 Å². The molecular formula is C20H28N2O5. The van der Waals surface area contributed by atoms with Crippen molar-refractivity contribution in [2.24, 2.45) is 5.92 Å². The minimum Gasteiger partial charge on any atom is -0.481 e. The van der Waals surface area contributed by atoms with E-state index in [9.17, 15) is 14.4 Å². The van der Waals surface area contributed by atoms with E-state index in [2.05, 4.69) is 0 Å². The number of aryl methyl sites for hydroxylation is 1. The first kappa shape index (κ1) is 19.5. The summed E-state index contributed by atoms with van der Waals surface area (Å²) >= 11 is 0. The standard InChI is InChI=1S/C20H28N2O5/c1-14-13-27-16(12-18(24)25)19(14)20(26)22-10-8-21(9-11-22)17(23)7-6-15-4-2-3-5-15/h13,15H,2-12H2,1H3,(H,24,25). The van der Waals surface area contributed by atoms with Crippen molar-refractivity contribution >= 4 is 17.8 Å². The van der Waals surface area contributed by atoms with Gasteiger partial charge in [-0.2, -0.15) is 0 Å². The van der Waals surface area contributed by atoms with E-state index in [1.165, 1.54) is 31.9 Å². The van der Waals surface area contributed by atoms with E-state index in [0.29, 0.717) is 49.6 Å². The Morgan fingerprint density at radius 3 is 2.37 bits per heavy atom. The first-order chi connectivity index (χ1) is 13.0. The summed E-state index contributed by atoms with van der Waals surface area (Å²) < 4.78 is 5.27. The molecule has 0 atom stereocenters. The molecule has 2 amide bonds. The minimum absolute atomic E-state index is 0.181. The molecule has 0 aromatic carbocycles. The number of rotatable bonds is 6. The zero-order valence-electron chi connectivity index (χ0n) is 15.9. The van der Waals surface area contributed by atoms with E-state index in [1.807, 2.05) is 4.90 Å². The van der Waals surface area contributed by atoms with Crippen molar-refractivity contribution in [3.63, 3.8) is 0 Å². The zero-order valence-corrected chi connectivity index (χ0v) is 15.9. The fraction of sp³-hybridized carbons (Fsp3) is 0.650. The van der Waals surface area contributed by atoms with Gasteiger partial charge in [-0.05, 0) is 19.3 Å². The number of carboxylic acid groups (broad SMARTS) is 1. The van der Waals surface area contributed by atoms with Crippen LogP contribution in [0.4, 0.5) is 0 Å². The molecule has 1 aliphatic heterocycles. The van der Waals surface area contributed by atoms with Gasteiger partial charge in [-0.15, -0.1) is 0 Å². The van der Waals surface area contributed by atoms with Crippen LogP contribution in [0.1, 0.15) is 60.2 Å². The second-order valence-corrected chi connectivity index (χ2v) is 7.65. The lowest BCUT2D eigenvalue weighted by molar-refractivity contribution is -0.136. The van der Waals surface area contributed by atoms with E-state index in [0.717, 1.165) is 6.42 Å². The first-order valence-corrected chi connectivity index (χ1v) is 9.81. The van der Waals surface area contributed by atoms with E-state index >= 15 is 0 Å². The van der Waals surface area contributed by atoms with Gasteiger partial charge in [-0.25, -0.2) is 0 Å². The van der Waals surface area contributed by atoms with E-state index in [1.54, 1.807) is 11.8 Å². The second kappa shape index (κ2) is 8.59. The number of aliphatic carboxylic acids is 1. The van der Waals surface area contributed by atoms with Crippen LogP contribution in [0.3, 0.4) is 0 Å². The van der Waals surface area contributed by atoms with Gasteiger partial charge in [0.05, 0.1) is 11.8 Å². The van der Waals surface area contributed by atoms with Crippen molar-refractivity contribution in [2.75, 3.05) is 26.2 Å². The summed E-state index contributed by atoms with van der Waals surface area (Å²) in [5, 5.41) is 8.99. The van der Waals surface area contributed by atoms with Crippen LogP contribution in [-0.4, -0.2) is 58.9 Å². The number of carbonyl (C=O) groups is 3. The molecule has 1 saturated carbocycles. The van der Waals surface area contributed by atoms with Crippen molar-refractivity contribution in [1.29, 1.82) is 0 Å². The van der Waals surface area contributed by atoms with Crippen molar-refractivity contribution < 1.29 is 23.9 Å². The third-order valence-electron chi connectivity index (χ3n) is 5.74. The smallest absolute Gasteiger partial charge is 0.311 e. The number of piperazine rings is 1. The van der Waals surface area contributed by atoms with Crippen molar-refractivity contribution in [1.82, 2.24) is 9.80 Å². The first-order valence-electron chi connectivity index (χ1n) is 9.81. The SMILES string of the molecule is Cc1coc(CC(=O)O)c1C(=O)N1CCN(C(=O)CCC2CCCC2)CC1. The summed E-state index contributed by atoms with van der Waals surface area (Å²) in [4.78, 5) is 39.8. The number of hydrogen-bond donors (Lipinski definition) is 1. The number of amides is 2. The molecule has 7 heteroatoms. The Balaban J connectivity index is 1.52. The summed E-state index contributed by atoms with van der Waals surface area (Å²) in [7, 11) is 0. The highest BCUT2D eigenvalue weighted by atomic mass is 16.4. The molecule has 2 aliphatic rings. The number of carbonyl (C=O) groups excluding carboxylic acids is 2. The highest BCUT2D eigenvalue weighted by Crippen LogP contribution is 2.29. The van der Waals surface area contributed by atoms with Gasteiger partial charge in [0.15, 0.2) is 0 Å². The minimum atomic E-state index is -1.03. The van der Waals surface area contributed by atoms with Crippen LogP contribution < -0.4 is 0 Å². The molecule has 1 saturated heterocycles. The summed E-state index contributed by atoms with van der Waals surface area (Å²) in [6, 6.07) is 0. The lowest BCUT2D eigenvalue weighted by atomic mass is 10.0. The molecule has 0 unspecified atom stereocenters. The van der Waals surface area contributed by atoms with Crippen LogP contribution in [0.25, 0.3) is 0 Å². The predicted molar refractivity (Wildman–Crippen MR) is 98.5 cm³/mol. The maximum Gasteiger partial charge on any atom is 0.311 e. The highest BCUT2D eigenvalue weighted by molar-refractivity contribution is 5.97. The monoisotopic (exact) mass is 376 g/mol. The molecule has 1 N–H and O–H groups in total. The van der Waals surface area contributed by atoms with E-state index in [-0.39, 0.29) is 24.0 Å². The van der Waals surface area contributed by atoms with Crippen LogP contribution in [0.15, 0.2) is 10.7 Å². The molecule has 0 radical (unpaired) electrons.